The normalized spacial score (nSPS) is 14.6. The van der Waals surface area contributed by atoms with E-state index in [1.807, 2.05) is 0 Å². The molecule has 0 saturated heterocycles. The van der Waals surface area contributed by atoms with Gasteiger partial charge in [-0.3, -0.25) is 4.21 Å². The van der Waals surface area contributed by atoms with Gasteiger partial charge in [0.05, 0.1) is 6.61 Å². The van der Waals surface area contributed by atoms with Crippen LogP contribution in [-0.2, 0) is 22.0 Å². The molecule has 0 amide bonds. The smallest absolute Gasteiger partial charge is 0.0577 e. The highest BCUT2D eigenvalue weighted by molar-refractivity contribution is 7.85. The fraction of sp³-hybridized carbons (Fsp3) is 0.600. The van der Waals surface area contributed by atoms with E-state index in [-0.39, 0.29) is 6.04 Å². The number of hydrogen-bond donors (Lipinski definition) is 1. The van der Waals surface area contributed by atoms with Gasteiger partial charge >= 0.3 is 0 Å². The third-order valence-corrected chi connectivity index (χ3v) is 4.29. The molecule has 2 atom stereocenters. The van der Waals surface area contributed by atoms with Crippen LogP contribution < -0.4 is 5.73 Å². The van der Waals surface area contributed by atoms with Crippen molar-refractivity contribution in [3.8, 4) is 0 Å². The van der Waals surface area contributed by atoms with Gasteiger partial charge in [-0.2, -0.15) is 0 Å². The lowest BCUT2D eigenvalue weighted by Gasteiger charge is -2.13. The van der Waals surface area contributed by atoms with E-state index in [4.69, 9.17) is 10.5 Å². The summed E-state index contributed by atoms with van der Waals surface area (Å²) in [5.41, 5.74) is 8.46. The summed E-state index contributed by atoms with van der Waals surface area (Å²) in [6, 6.07) is 8.18. The van der Waals surface area contributed by atoms with Crippen molar-refractivity contribution in [3.05, 3.63) is 35.4 Å². The van der Waals surface area contributed by atoms with Gasteiger partial charge in [-0.1, -0.05) is 38.1 Å². The van der Waals surface area contributed by atoms with Crippen LogP contribution in [0.2, 0.25) is 0 Å². The fourth-order valence-corrected chi connectivity index (χ4v) is 3.04. The summed E-state index contributed by atoms with van der Waals surface area (Å²) >= 11 is 0. The molecule has 2 unspecified atom stereocenters. The van der Waals surface area contributed by atoms with Gasteiger partial charge in [0.1, 0.15) is 0 Å². The Morgan fingerprint density at radius 3 is 2.42 bits per heavy atom. The van der Waals surface area contributed by atoms with Crippen molar-refractivity contribution in [2.45, 2.75) is 26.3 Å². The molecule has 1 aromatic carbocycles. The lowest BCUT2D eigenvalue weighted by molar-refractivity contribution is 0.218. The minimum atomic E-state index is -0.915. The zero-order chi connectivity index (χ0) is 14.3. The highest BCUT2D eigenvalue weighted by Gasteiger charge is 2.10. The SMILES string of the molecule is COCCS(=O)CC(N)c1ccc(CC(C)C)cc1. The summed E-state index contributed by atoms with van der Waals surface area (Å²) in [4.78, 5) is 0. The quantitative estimate of drug-likeness (QED) is 0.796. The number of methoxy groups -OCH3 is 1. The van der Waals surface area contributed by atoms with Gasteiger partial charge < -0.3 is 10.5 Å². The summed E-state index contributed by atoms with van der Waals surface area (Å²) in [6.45, 7) is 4.93. The predicted octanol–water partition coefficient (Wildman–Crippen LogP) is 2.28. The molecule has 0 aromatic heterocycles. The Bertz CT molecular complexity index is 390. The second-order valence-corrected chi connectivity index (χ2v) is 6.87. The van der Waals surface area contributed by atoms with E-state index in [9.17, 15) is 4.21 Å². The maximum absolute atomic E-state index is 11.7. The van der Waals surface area contributed by atoms with Crippen LogP contribution in [0.1, 0.15) is 31.0 Å². The molecule has 19 heavy (non-hydrogen) atoms. The first-order chi connectivity index (χ1) is 9.02. The van der Waals surface area contributed by atoms with Gasteiger partial charge in [0.2, 0.25) is 0 Å². The van der Waals surface area contributed by atoms with Crippen molar-refractivity contribution in [1.82, 2.24) is 0 Å². The maximum atomic E-state index is 11.7. The van der Waals surface area contributed by atoms with Crippen LogP contribution in [-0.4, -0.2) is 29.4 Å². The van der Waals surface area contributed by atoms with Crippen LogP contribution in [0.25, 0.3) is 0 Å². The molecule has 0 fully saturated rings. The van der Waals surface area contributed by atoms with Crippen molar-refractivity contribution >= 4 is 10.8 Å². The van der Waals surface area contributed by atoms with Crippen LogP contribution in [0.4, 0.5) is 0 Å². The minimum absolute atomic E-state index is 0.161. The fourth-order valence-electron chi connectivity index (χ4n) is 1.93. The number of hydrogen-bond acceptors (Lipinski definition) is 3. The van der Waals surface area contributed by atoms with Gasteiger partial charge in [0.25, 0.3) is 0 Å². The Balaban J connectivity index is 2.52. The second-order valence-electron chi connectivity index (χ2n) is 5.25. The Kier molecular flexibility index (Phi) is 7.28. The topological polar surface area (TPSA) is 52.3 Å². The Morgan fingerprint density at radius 1 is 1.26 bits per heavy atom. The molecule has 0 spiro atoms. The van der Waals surface area contributed by atoms with Crippen molar-refractivity contribution in [1.29, 1.82) is 0 Å². The molecule has 0 aliphatic rings. The van der Waals surface area contributed by atoms with Crippen molar-refractivity contribution < 1.29 is 8.95 Å². The third kappa shape index (κ3) is 6.32. The molecule has 0 aliphatic carbocycles. The molecular weight excluding hydrogens is 258 g/mol. The zero-order valence-corrected chi connectivity index (χ0v) is 12.9. The van der Waals surface area contributed by atoms with Crippen molar-refractivity contribution in [2.24, 2.45) is 11.7 Å². The zero-order valence-electron chi connectivity index (χ0n) is 12.1. The van der Waals surface area contributed by atoms with E-state index in [0.717, 1.165) is 12.0 Å². The van der Waals surface area contributed by atoms with Crippen LogP contribution >= 0.6 is 0 Å². The lowest BCUT2D eigenvalue weighted by atomic mass is 10.0. The van der Waals surface area contributed by atoms with Crippen LogP contribution in [0, 0.1) is 5.92 Å². The maximum Gasteiger partial charge on any atom is 0.0577 e. The predicted molar refractivity (Wildman–Crippen MR) is 81.7 cm³/mol. The number of ether oxygens (including phenoxy) is 1. The highest BCUT2D eigenvalue weighted by Crippen LogP contribution is 2.15. The first kappa shape index (κ1) is 16.3. The largest absolute Gasteiger partial charge is 0.384 e. The summed E-state index contributed by atoms with van der Waals surface area (Å²) in [6.07, 6.45) is 1.08. The molecule has 3 nitrogen and oxygen atoms in total. The average Bonchev–Trinajstić information content (AvgIpc) is 2.36. The van der Waals surface area contributed by atoms with E-state index >= 15 is 0 Å². The second kappa shape index (κ2) is 8.46. The van der Waals surface area contributed by atoms with Gasteiger partial charge in [0, 0.05) is 35.5 Å². The van der Waals surface area contributed by atoms with Crippen LogP contribution in [0.5, 0.6) is 0 Å². The van der Waals surface area contributed by atoms with Crippen molar-refractivity contribution in [3.63, 3.8) is 0 Å². The first-order valence-electron chi connectivity index (χ1n) is 6.71. The molecule has 2 N–H and O–H groups in total. The molecule has 1 rings (SSSR count). The minimum Gasteiger partial charge on any atom is -0.384 e. The molecule has 1 aromatic rings. The summed E-state index contributed by atoms with van der Waals surface area (Å²) in [5, 5.41) is 0. The van der Waals surface area contributed by atoms with E-state index in [1.165, 1.54) is 5.56 Å². The number of nitrogens with two attached hydrogens (primary N) is 1. The molecule has 0 heterocycles. The third-order valence-electron chi connectivity index (χ3n) is 2.93. The van der Waals surface area contributed by atoms with Gasteiger partial charge in [-0.25, -0.2) is 0 Å². The van der Waals surface area contributed by atoms with E-state index < -0.39 is 10.8 Å². The van der Waals surface area contributed by atoms with E-state index in [1.54, 1.807) is 7.11 Å². The summed E-state index contributed by atoms with van der Waals surface area (Å²) in [5.74, 6) is 1.70. The molecule has 0 bridgehead atoms. The van der Waals surface area contributed by atoms with Gasteiger partial charge in [-0.05, 0) is 23.5 Å². The molecule has 4 heteroatoms. The molecule has 0 aliphatic heterocycles. The van der Waals surface area contributed by atoms with Crippen molar-refractivity contribution in [2.75, 3.05) is 25.2 Å². The summed E-state index contributed by atoms with van der Waals surface area (Å²) in [7, 11) is 0.701. The highest BCUT2D eigenvalue weighted by atomic mass is 32.2. The standard InChI is InChI=1S/C15H25NO2S/c1-12(2)10-13-4-6-14(7-5-13)15(16)11-19(17)9-8-18-3/h4-7,12,15H,8-11,16H2,1-3H3. The molecular formula is C15H25NO2S. The lowest BCUT2D eigenvalue weighted by Crippen LogP contribution is -2.20. The first-order valence-corrected chi connectivity index (χ1v) is 8.20. The van der Waals surface area contributed by atoms with Crippen LogP contribution in [0.15, 0.2) is 24.3 Å². The Morgan fingerprint density at radius 2 is 1.89 bits per heavy atom. The van der Waals surface area contributed by atoms with E-state index in [0.29, 0.717) is 24.0 Å². The summed E-state index contributed by atoms with van der Waals surface area (Å²) < 4.78 is 16.7. The molecule has 0 radical (unpaired) electrons. The van der Waals surface area contributed by atoms with Crippen LogP contribution in [0.3, 0.4) is 0 Å². The monoisotopic (exact) mass is 283 g/mol. The molecule has 108 valence electrons. The number of benzene rings is 1. The van der Waals surface area contributed by atoms with Gasteiger partial charge in [0.15, 0.2) is 0 Å². The van der Waals surface area contributed by atoms with E-state index in [2.05, 4.69) is 38.1 Å². The Labute approximate surface area is 119 Å². The average molecular weight is 283 g/mol. The number of rotatable bonds is 8. The molecule has 0 saturated carbocycles. The Hall–Kier alpha value is -0.710. The van der Waals surface area contributed by atoms with Gasteiger partial charge in [-0.15, -0.1) is 0 Å².